The molecule has 0 aliphatic carbocycles. The first-order valence-electron chi connectivity index (χ1n) is 8.29. The van der Waals surface area contributed by atoms with Crippen molar-refractivity contribution in [1.82, 2.24) is 20.6 Å². The largest absolute Gasteiger partial charge is 0.359 e. The number of benzene rings is 2. The van der Waals surface area contributed by atoms with E-state index in [4.69, 9.17) is 11.6 Å². The summed E-state index contributed by atoms with van der Waals surface area (Å²) in [6.45, 7) is 2.41. The van der Waals surface area contributed by atoms with Gasteiger partial charge < -0.3 is 10.2 Å². The van der Waals surface area contributed by atoms with Gasteiger partial charge >= 0.3 is 0 Å². The van der Waals surface area contributed by atoms with E-state index in [1.807, 2.05) is 42.5 Å². The molecule has 2 aromatic carbocycles. The molecule has 0 fully saturated rings. The van der Waals surface area contributed by atoms with Crippen LogP contribution < -0.4 is 10.2 Å². The number of hydrogen-bond donors (Lipinski definition) is 2. The van der Waals surface area contributed by atoms with Crippen LogP contribution in [-0.4, -0.2) is 39.1 Å². The summed E-state index contributed by atoms with van der Waals surface area (Å²) in [4.78, 5) is 14.6. The van der Waals surface area contributed by atoms with Gasteiger partial charge in [-0.2, -0.15) is 5.21 Å². The zero-order valence-electron chi connectivity index (χ0n) is 14.1. The van der Waals surface area contributed by atoms with Crippen LogP contribution in [0, 0.1) is 0 Å². The van der Waals surface area contributed by atoms with E-state index in [1.165, 1.54) is 5.56 Å². The highest BCUT2D eigenvalue weighted by Gasteiger charge is 2.27. The molecule has 3 aromatic rings. The number of carbonyl (C=O) groups excluding carboxylic acids is 1. The fourth-order valence-corrected chi connectivity index (χ4v) is 3.44. The van der Waals surface area contributed by atoms with E-state index in [9.17, 15) is 4.79 Å². The Kier molecular flexibility index (Phi) is 4.30. The lowest BCUT2D eigenvalue weighted by Crippen LogP contribution is -2.37. The van der Waals surface area contributed by atoms with Crippen LogP contribution in [0.25, 0.3) is 11.4 Å². The molecule has 1 unspecified atom stereocenters. The molecule has 1 aromatic heterocycles. The maximum absolute atomic E-state index is 12.5. The molecule has 0 saturated carbocycles. The smallest absolute Gasteiger partial charge is 0.243 e. The first kappa shape index (κ1) is 16.5. The number of tetrazole rings is 1. The third kappa shape index (κ3) is 3.25. The molecule has 0 radical (unpaired) electrons. The van der Waals surface area contributed by atoms with Gasteiger partial charge in [-0.3, -0.25) is 4.79 Å². The molecule has 0 spiro atoms. The van der Waals surface area contributed by atoms with Crippen LogP contribution in [0.3, 0.4) is 0 Å². The van der Waals surface area contributed by atoms with Gasteiger partial charge in [0.15, 0.2) is 0 Å². The number of amides is 1. The fraction of sp³-hybridized carbons (Fsp3) is 0.222. The summed E-state index contributed by atoms with van der Waals surface area (Å²) in [7, 11) is 0. The topological polar surface area (TPSA) is 86.8 Å². The van der Waals surface area contributed by atoms with Crippen molar-refractivity contribution in [2.45, 2.75) is 19.4 Å². The highest BCUT2D eigenvalue weighted by atomic mass is 35.5. The van der Waals surface area contributed by atoms with Crippen molar-refractivity contribution in [2.75, 3.05) is 16.8 Å². The van der Waals surface area contributed by atoms with Gasteiger partial charge in [0, 0.05) is 28.0 Å². The molecular formula is C18H17ClN6O. The lowest BCUT2D eigenvalue weighted by molar-refractivity contribution is -0.115. The normalized spacial score (nSPS) is 15.8. The van der Waals surface area contributed by atoms with Gasteiger partial charge in [0.2, 0.25) is 11.7 Å². The lowest BCUT2D eigenvalue weighted by Gasteiger charge is -2.24. The Morgan fingerprint density at radius 2 is 2.12 bits per heavy atom. The third-order valence-electron chi connectivity index (χ3n) is 4.48. The molecule has 7 nitrogen and oxygen atoms in total. The van der Waals surface area contributed by atoms with Gasteiger partial charge in [-0.15, -0.1) is 10.2 Å². The number of halogens is 1. The van der Waals surface area contributed by atoms with Crippen LogP contribution in [0.2, 0.25) is 5.02 Å². The van der Waals surface area contributed by atoms with E-state index in [1.54, 1.807) is 0 Å². The molecule has 2 N–H and O–H groups in total. The lowest BCUT2D eigenvalue weighted by atomic mass is 10.1. The molecule has 26 heavy (non-hydrogen) atoms. The summed E-state index contributed by atoms with van der Waals surface area (Å²) in [5, 5.41) is 17.5. The number of hydrogen-bond acceptors (Lipinski definition) is 5. The van der Waals surface area contributed by atoms with Crippen LogP contribution >= 0.6 is 11.6 Å². The molecule has 0 bridgehead atoms. The van der Waals surface area contributed by atoms with Crippen molar-refractivity contribution >= 4 is 28.9 Å². The summed E-state index contributed by atoms with van der Waals surface area (Å²) in [6.07, 6.45) is 0.891. The molecule has 1 aliphatic rings. The predicted molar refractivity (Wildman–Crippen MR) is 100 cm³/mol. The number of aromatic nitrogens is 4. The first-order chi connectivity index (χ1) is 12.6. The number of rotatable bonds is 4. The van der Waals surface area contributed by atoms with Crippen molar-refractivity contribution in [1.29, 1.82) is 0 Å². The number of carbonyl (C=O) groups is 1. The summed E-state index contributed by atoms with van der Waals surface area (Å²) in [6, 6.07) is 13.4. The minimum atomic E-state index is -0.0630. The van der Waals surface area contributed by atoms with Gasteiger partial charge in [0.25, 0.3) is 0 Å². The maximum Gasteiger partial charge on any atom is 0.243 e. The second-order valence-corrected chi connectivity index (χ2v) is 6.75. The summed E-state index contributed by atoms with van der Waals surface area (Å²) in [5.41, 5.74) is 3.81. The zero-order chi connectivity index (χ0) is 18.1. The highest BCUT2D eigenvalue weighted by molar-refractivity contribution is 6.30. The molecular weight excluding hydrogens is 352 g/mol. The Morgan fingerprint density at radius 3 is 2.85 bits per heavy atom. The molecule has 4 rings (SSSR count). The minimum Gasteiger partial charge on any atom is -0.359 e. The summed E-state index contributed by atoms with van der Waals surface area (Å²) < 4.78 is 0. The maximum atomic E-state index is 12.5. The van der Waals surface area contributed by atoms with Crippen molar-refractivity contribution in [2.24, 2.45) is 0 Å². The number of aromatic amines is 1. The third-order valence-corrected chi connectivity index (χ3v) is 4.72. The van der Waals surface area contributed by atoms with E-state index in [0.29, 0.717) is 12.4 Å². The first-order valence-corrected chi connectivity index (χ1v) is 8.67. The number of nitrogens with zero attached hydrogens (tertiary/aromatic N) is 4. The van der Waals surface area contributed by atoms with Crippen LogP contribution in [-0.2, 0) is 11.2 Å². The van der Waals surface area contributed by atoms with Crippen LogP contribution in [0.4, 0.5) is 11.4 Å². The Labute approximate surface area is 155 Å². The molecule has 1 amide bonds. The average Bonchev–Trinajstić information content (AvgIpc) is 3.24. The number of H-pyrrole nitrogens is 1. The number of fused-ring (bicyclic) bond motifs is 1. The molecule has 132 valence electrons. The van der Waals surface area contributed by atoms with E-state index in [0.717, 1.165) is 28.4 Å². The van der Waals surface area contributed by atoms with Gasteiger partial charge in [-0.25, -0.2) is 0 Å². The van der Waals surface area contributed by atoms with Crippen molar-refractivity contribution in [3.05, 3.63) is 53.1 Å². The molecule has 2 heterocycles. The molecule has 1 aliphatic heterocycles. The Bertz CT molecular complexity index is 925. The standard InChI is InChI=1S/C18H17ClN6O/c1-11-8-13-9-14(19)4-7-16(13)25(11)10-17(26)20-15-5-2-12(3-6-15)18-21-23-24-22-18/h2-7,9,11H,8,10H2,1H3,(H,20,26)(H,21,22,23,24). The van der Waals surface area contributed by atoms with Gasteiger partial charge in [0.1, 0.15) is 0 Å². The Hall–Kier alpha value is -2.93. The van der Waals surface area contributed by atoms with E-state index in [2.05, 4.69) is 37.8 Å². The van der Waals surface area contributed by atoms with Crippen LogP contribution in [0.15, 0.2) is 42.5 Å². The van der Waals surface area contributed by atoms with Gasteiger partial charge in [0.05, 0.1) is 6.54 Å². The minimum absolute atomic E-state index is 0.0630. The molecule has 1 atom stereocenters. The average molecular weight is 369 g/mol. The van der Waals surface area contributed by atoms with Crippen molar-refractivity contribution in [3.63, 3.8) is 0 Å². The van der Waals surface area contributed by atoms with Crippen LogP contribution in [0.1, 0.15) is 12.5 Å². The van der Waals surface area contributed by atoms with E-state index < -0.39 is 0 Å². The zero-order valence-corrected chi connectivity index (χ0v) is 14.9. The van der Waals surface area contributed by atoms with Crippen molar-refractivity contribution in [3.8, 4) is 11.4 Å². The fourth-order valence-electron chi connectivity index (χ4n) is 3.25. The summed E-state index contributed by atoms with van der Waals surface area (Å²) in [5.74, 6) is 0.455. The SMILES string of the molecule is CC1Cc2cc(Cl)ccc2N1CC(=O)Nc1ccc(-c2nn[nH]n2)cc1. The van der Waals surface area contributed by atoms with Crippen molar-refractivity contribution < 1.29 is 4.79 Å². The van der Waals surface area contributed by atoms with E-state index >= 15 is 0 Å². The van der Waals surface area contributed by atoms with Gasteiger partial charge in [-0.1, -0.05) is 11.6 Å². The van der Waals surface area contributed by atoms with Crippen LogP contribution in [0.5, 0.6) is 0 Å². The quantitative estimate of drug-likeness (QED) is 0.739. The second kappa shape index (κ2) is 6.76. The Morgan fingerprint density at radius 1 is 1.31 bits per heavy atom. The van der Waals surface area contributed by atoms with E-state index in [-0.39, 0.29) is 11.9 Å². The monoisotopic (exact) mass is 368 g/mol. The highest BCUT2D eigenvalue weighted by Crippen LogP contribution is 2.33. The number of anilines is 2. The number of nitrogens with one attached hydrogen (secondary N) is 2. The molecule has 0 saturated heterocycles. The molecule has 8 heteroatoms. The predicted octanol–water partition coefficient (Wildman–Crippen LogP) is 2.91. The second-order valence-electron chi connectivity index (χ2n) is 6.32. The van der Waals surface area contributed by atoms with Gasteiger partial charge in [-0.05, 0) is 66.6 Å². The summed E-state index contributed by atoms with van der Waals surface area (Å²) >= 11 is 6.07. The Balaban J connectivity index is 1.43.